The number of pyridine rings is 1. The topological polar surface area (TPSA) is 42.1 Å². The lowest BCUT2D eigenvalue weighted by molar-refractivity contribution is -0.274. The molecule has 13 heavy (non-hydrogen) atoms. The first kappa shape index (κ1) is 9.91. The van der Waals surface area contributed by atoms with Crippen LogP contribution in [0.15, 0.2) is 16.9 Å². The molecule has 0 fully saturated rings. The Bertz CT molecular complexity index is 360. The lowest BCUT2D eigenvalue weighted by Crippen LogP contribution is -2.18. The Morgan fingerprint density at radius 1 is 1.38 bits per heavy atom. The SMILES string of the molecule is O=c1cc(OC(F)(F)F)cc(Cl)[nH]1. The zero-order valence-corrected chi connectivity index (χ0v) is 6.74. The molecule has 72 valence electrons. The van der Waals surface area contributed by atoms with Crippen molar-refractivity contribution in [3.63, 3.8) is 0 Å². The Morgan fingerprint density at radius 3 is 2.46 bits per heavy atom. The van der Waals surface area contributed by atoms with Gasteiger partial charge in [0.2, 0.25) is 0 Å². The molecule has 1 heterocycles. The van der Waals surface area contributed by atoms with E-state index in [1.54, 1.807) is 0 Å². The van der Waals surface area contributed by atoms with Crippen molar-refractivity contribution in [2.45, 2.75) is 6.36 Å². The Kier molecular flexibility index (Phi) is 2.51. The predicted octanol–water partition coefficient (Wildman–Crippen LogP) is 1.93. The van der Waals surface area contributed by atoms with Gasteiger partial charge in [0.25, 0.3) is 5.56 Å². The van der Waals surface area contributed by atoms with Crippen molar-refractivity contribution in [1.29, 1.82) is 0 Å². The van der Waals surface area contributed by atoms with Crippen LogP contribution in [0.5, 0.6) is 5.75 Å². The summed E-state index contributed by atoms with van der Waals surface area (Å²) in [6.45, 7) is 0. The van der Waals surface area contributed by atoms with Crippen molar-refractivity contribution in [2.75, 3.05) is 0 Å². The maximum absolute atomic E-state index is 11.6. The van der Waals surface area contributed by atoms with Crippen molar-refractivity contribution < 1.29 is 17.9 Å². The summed E-state index contributed by atoms with van der Waals surface area (Å²) in [7, 11) is 0. The van der Waals surface area contributed by atoms with E-state index in [4.69, 9.17) is 11.6 Å². The molecule has 0 saturated carbocycles. The highest BCUT2D eigenvalue weighted by atomic mass is 35.5. The molecule has 0 spiro atoms. The minimum Gasteiger partial charge on any atom is -0.405 e. The van der Waals surface area contributed by atoms with Gasteiger partial charge in [0.1, 0.15) is 10.9 Å². The van der Waals surface area contributed by atoms with Crippen LogP contribution in [0.4, 0.5) is 13.2 Å². The van der Waals surface area contributed by atoms with E-state index in [2.05, 4.69) is 9.72 Å². The Hall–Kier alpha value is -1.17. The molecule has 0 unspecified atom stereocenters. The van der Waals surface area contributed by atoms with Gasteiger partial charge < -0.3 is 9.72 Å². The number of nitrogens with one attached hydrogen (secondary N) is 1. The summed E-state index contributed by atoms with van der Waals surface area (Å²) in [4.78, 5) is 12.7. The van der Waals surface area contributed by atoms with Crippen LogP contribution in [0.1, 0.15) is 0 Å². The number of hydrogen-bond acceptors (Lipinski definition) is 2. The molecule has 7 heteroatoms. The molecule has 3 nitrogen and oxygen atoms in total. The minimum atomic E-state index is -4.82. The Morgan fingerprint density at radius 2 is 2.00 bits per heavy atom. The number of hydrogen-bond donors (Lipinski definition) is 1. The van der Waals surface area contributed by atoms with E-state index in [9.17, 15) is 18.0 Å². The van der Waals surface area contributed by atoms with Gasteiger partial charge in [0.05, 0.1) is 0 Å². The van der Waals surface area contributed by atoms with Crippen molar-refractivity contribution in [2.24, 2.45) is 0 Å². The number of aromatic nitrogens is 1. The molecule has 0 aliphatic heterocycles. The third-order valence-electron chi connectivity index (χ3n) is 1.02. The van der Waals surface area contributed by atoms with Crippen molar-refractivity contribution in [1.82, 2.24) is 4.98 Å². The summed E-state index contributed by atoms with van der Waals surface area (Å²) in [5.41, 5.74) is -0.758. The summed E-state index contributed by atoms with van der Waals surface area (Å²) in [5.74, 6) is -0.638. The van der Waals surface area contributed by atoms with Gasteiger partial charge in [-0.1, -0.05) is 11.6 Å². The first-order chi connectivity index (χ1) is 5.87. The largest absolute Gasteiger partial charge is 0.573 e. The fourth-order valence-electron chi connectivity index (χ4n) is 0.678. The van der Waals surface area contributed by atoms with E-state index in [0.717, 1.165) is 6.07 Å². The minimum absolute atomic E-state index is 0.216. The average molecular weight is 214 g/mol. The van der Waals surface area contributed by atoms with E-state index >= 15 is 0 Å². The number of alkyl halides is 3. The highest BCUT2D eigenvalue weighted by Gasteiger charge is 2.31. The second kappa shape index (κ2) is 3.29. The van der Waals surface area contributed by atoms with Gasteiger partial charge in [-0.05, 0) is 0 Å². The number of H-pyrrole nitrogens is 1. The molecule has 1 rings (SSSR count). The maximum Gasteiger partial charge on any atom is 0.573 e. The molecule has 0 aromatic carbocycles. The second-order valence-electron chi connectivity index (χ2n) is 2.08. The zero-order valence-electron chi connectivity index (χ0n) is 5.98. The van der Waals surface area contributed by atoms with Crippen LogP contribution in [-0.2, 0) is 0 Å². The monoisotopic (exact) mass is 213 g/mol. The van der Waals surface area contributed by atoms with Gasteiger partial charge in [-0.15, -0.1) is 13.2 Å². The van der Waals surface area contributed by atoms with Crippen LogP contribution in [0.3, 0.4) is 0 Å². The van der Waals surface area contributed by atoms with E-state index in [1.807, 2.05) is 0 Å². The van der Waals surface area contributed by atoms with Crippen molar-refractivity contribution in [3.05, 3.63) is 27.6 Å². The van der Waals surface area contributed by atoms with E-state index < -0.39 is 17.7 Å². The lowest BCUT2D eigenvalue weighted by atomic mass is 10.4. The molecule has 0 radical (unpaired) electrons. The average Bonchev–Trinajstić information content (AvgIpc) is 1.78. The van der Waals surface area contributed by atoms with Crippen LogP contribution in [-0.4, -0.2) is 11.3 Å². The summed E-state index contributed by atoms with van der Waals surface area (Å²) in [5, 5.41) is -0.216. The highest BCUT2D eigenvalue weighted by Crippen LogP contribution is 2.22. The third-order valence-corrected chi connectivity index (χ3v) is 1.22. The first-order valence-electron chi connectivity index (χ1n) is 3.02. The highest BCUT2D eigenvalue weighted by molar-refractivity contribution is 6.29. The summed E-state index contributed by atoms with van der Waals surface area (Å²) in [6.07, 6.45) is -4.82. The second-order valence-corrected chi connectivity index (χ2v) is 2.48. The molecule has 1 N–H and O–H groups in total. The molecule has 0 aliphatic carbocycles. The first-order valence-corrected chi connectivity index (χ1v) is 3.40. The van der Waals surface area contributed by atoms with Crippen molar-refractivity contribution >= 4 is 11.6 Å². The maximum atomic E-state index is 11.6. The van der Waals surface area contributed by atoms with Gasteiger partial charge in [0, 0.05) is 12.1 Å². The third kappa shape index (κ3) is 3.37. The summed E-state index contributed by atoms with van der Waals surface area (Å²) in [6, 6.07) is 1.51. The van der Waals surface area contributed by atoms with Gasteiger partial charge in [-0.25, -0.2) is 0 Å². The number of rotatable bonds is 1. The molecular weight excluding hydrogens is 211 g/mol. The van der Waals surface area contributed by atoms with Crippen LogP contribution in [0.25, 0.3) is 0 Å². The molecule has 0 amide bonds. The van der Waals surface area contributed by atoms with Crippen LogP contribution >= 0.6 is 11.6 Å². The molecule has 0 bridgehead atoms. The van der Waals surface area contributed by atoms with E-state index in [-0.39, 0.29) is 5.15 Å². The van der Waals surface area contributed by atoms with Gasteiger partial charge in [0.15, 0.2) is 0 Å². The van der Waals surface area contributed by atoms with Crippen LogP contribution in [0.2, 0.25) is 5.15 Å². The van der Waals surface area contributed by atoms with E-state index in [1.165, 1.54) is 0 Å². The fraction of sp³-hybridized carbons (Fsp3) is 0.167. The number of ether oxygens (including phenoxy) is 1. The van der Waals surface area contributed by atoms with E-state index in [0.29, 0.717) is 6.07 Å². The van der Waals surface area contributed by atoms with Crippen molar-refractivity contribution in [3.8, 4) is 5.75 Å². The predicted molar refractivity (Wildman–Crippen MR) is 38.8 cm³/mol. The molecule has 0 aliphatic rings. The Labute approximate surface area is 75.1 Å². The molecule has 1 aromatic heterocycles. The zero-order chi connectivity index (χ0) is 10.1. The van der Waals surface area contributed by atoms with Gasteiger partial charge in [-0.2, -0.15) is 0 Å². The fourth-order valence-corrected chi connectivity index (χ4v) is 0.879. The van der Waals surface area contributed by atoms with Gasteiger partial charge in [-0.3, -0.25) is 4.79 Å². The number of aromatic amines is 1. The molecular formula is C6H3ClF3NO2. The summed E-state index contributed by atoms with van der Waals surface area (Å²) >= 11 is 5.28. The molecule has 0 saturated heterocycles. The lowest BCUT2D eigenvalue weighted by Gasteiger charge is -2.07. The standard InChI is InChI=1S/C6H3ClF3NO2/c7-4-1-3(2-5(12)11-4)13-6(8,9)10/h1-2H,(H,11,12). The van der Waals surface area contributed by atoms with Gasteiger partial charge >= 0.3 is 6.36 Å². The molecule has 1 aromatic rings. The Balaban J connectivity index is 2.96. The van der Waals surface area contributed by atoms with Crippen LogP contribution < -0.4 is 10.3 Å². The quantitative estimate of drug-likeness (QED) is 0.725. The van der Waals surface area contributed by atoms with Crippen LogP contribution in [0, 0.1) is 0 Å². The number of halogens is 4. The smallest absolute Gasteiger partial charge is 0.405 e. The summed E-state index contributed by atoms with van der Waals surface area (Å²) < 4.78 is 38.3. The molecule has 0 atom stereocenters. The normalized spacial score (nSPS) is 11.4.